The van der Waals surface area contributed by atoms with Gasteiger partial charge in [-0.25, -0.2) is 0 Å². The van der Waals surface area contributed by atoms with E-state index in [4.69, 9.17) is 0 Å². The fourth-order valence-corrected chi connectivity index (χ4v) is 3.92. The van der Waals surface area contributed by atoms with E-state index >= 15 is 0 Å². The van der Waals surface area contributed by atoms with Crippen LogP contribution in [-0.2, 0) is 11.2 Å². The number of rotatable bonds is 5. The highest BCUT2D eigenvalue weighted by molar-refractivity contribution is 9.10. The first-order chi connectivity index (χ1) is 10.1. The number of halogens is 1. The summed E-state index contributed by atoms with van der Waals surface area (Å²) in [6, 6.07) is 8.21. The minimum atomic E-state index is 0.220. The lowest BCUT2D eigenvalue weighted by Gasteiger charge is -2.33. The van der Waals surface area contributed by atoms with Crippen molar-refractivity contribution in [1.82, 2.24) is 5.32 Å². The molecule has 0 bridgehead atoms. The summed E-state index contributed by atoms with van der Waals surface area (Å²) in [4.78, 5) is 12.5. The molecule has 1 aromatic rings. The van der Waals surface area contributed by atoms with Crippen LogP contribution in [0.15, 0.2) is 28.7 Å². The Balaban J connectivity index is 1.85. The Morgan fingerprint density at radius 2 is 2.00 bits per heavy atom. The van der Waals surface area contributed by atoms with Gasteiger partial charge in [0.25, 0.3) is 0 Å². The maximum Gasteiger partial charge on any atom is 0.223 e. The van der Waals surface area contributed by atoms with Gasteiger partial charge in [-0.3, -0.25) is 4.79 Å². The quantitative estimate of drug-likeness (QED) is 0.826. The molecule has 1 aromatic carbocycles. The first-order valence-electron chi connectivity index (χ1n) is 8.10. The summed E-state index contributed by atoms with van der Waals surface area (Å²) < 4.78 is 1.12. The highest BCUT2D eigenvalue weighted by Crippen LogP contribution is 2.35. The molecule has 0 aliphatic heterocycles. The topological polar surface area (TPSA) is 29.1 Å². The first-order valence-corrected chi connectivity index (χ1v) is 8.90. The van der Waals surface area contributed by atoms with E-state index < -0.39 is 0 Å². The molecule has 116 valence electrons. The molecule has 0 radical (unpaired) electrons. The Hall–Kier alpha value is -0.830. The second kappa shape index (κ2) is 7.98. The third kappa shape index (κ3) is 4.57. The lowest BCUT2D eigenvalue weighted by Crippen LogP contribution is -2.39. The molecule has 1 saturated carbocycles. The molecule has 2 rings (SSSR count). The van der Waals surface area contributed by atoms with Crippen LogP contribution in [0.5, 0.6) is 0 Å². The fraction of sp³-hybridized carbons (Fsp3) is 0.611. The molecule has 2 atom stereocenters. The van der Waals surface area contributed by atoms with Crippen molar-refractivity contribution in [3.8, 4) is 0 Å². The van der Waals surface area contributed by atoms with Crippen LogP contribution in [0.3, 0.4) is 0 Å². The third-order valence-electron chi connectivity index (χ3n) is 4.66. The van der Waals surface area contributed by atoms with E-state index in [0.29, 0.717) is 11.8 Å². The van der Waals surface area contributed by atoms with Gasteiger partial charge in [-0.05, 0) is 42.7 Å². The van der Waals surface area contributed by atoms with Crippen LogP contribution in [0.1, 0.15) is 45.1 Å². The van der Waals surface area contributed by atoms with Crippen LogP contribution < -0.4 is 5.32 Å². The highest BCUT2D eigenvalue weighted by Gasteiger charge is 2.32. The maximum absolute atomic E-state index is 12.5. The van der Waals surface area contributed by atoms with Gasteiger partial charge in [-0.2, -0.15) is 0 Å². The molecule has 0 spiro atoms. The second-order valence-corrected chi connectivity index (χ2v) is 7.29. The molecule has 1 fully saturated rings. The Morgan fingerprint density at radius 3 is 2.71 bits per heavy atom. The minimum absolute atomic E-state index is 0.220. The number of hydrogen-bond acceptors (Lipinski definition) is 1. The Kier molecular flexibility index (Phi) is 6.28. The zero-order chi connectivity index (χ0) is 15.2. The summed E-state index contributed by atoms with van der Waals surface area (Å²) in [6.07, 6.45) is 5.63. The van der Waals surface area contributed by atoms with Crippen molar-refractivity contribution in [2.24, 2.45) is 17.8 Å². The zero-order valence-corrected chi connectivity index (χ0v) is 14.7. The molecule has 0 heterocycles. The molecule has 2 nitrogen and oxygen atoms in total. The standard InChI is InChI=1S/C18H26BrNO/c1-13(2)15-8-4-5-9-16(15)18(21)20-12-11-14-7-3-6-10-17(14)19/h3,6-7,10,13,15-16H,4-5,8-9,11-12H2,1-2H3,(H,20,21)/t15-,16+/m0/s1. The van der Waals surface area contributed by atoms with Crippen LogP contribution in [0, 0.1) is 17.8 Å². The fourth-order valence-electron chi connectivity index (χ4n) is 3.44. The summed E-state index contributed by atoms with van der Waals surface area (Å²) in [5, 5.41) is 3.15. The van der Waals surface area contributed by atoms with Gasteiger partial charge in [0.05, 0.1) is 0 Å². The summed E-state index contributed by atoms with van der Waals surface area (Å²) in [5.74, 6) is 1.64. The average Bonchev–Trinajstić information content (AvgIpc) is 2.49. The van der Waals surface area contributed by atoms with E-state index in [9.17, 15) is 4.79 Å². The van der Waals surface area contributed by atoms with Gasteiger partial charge in [0.1, 0.15) is 0 Å². The van der Waals surface area contributed by atoms with Crippen molar-refractivity contribution < 1.29 is 4.79 Å². The monoisotopic (exact) mass is 351 g/mol. The number of carbonyl (C=O) groups excluding carboxylic acids is 1. The number of hydrogen-bond donors (Lipinski definition) is 1. The molecule has 1 aliphatic carbocycles. The largest absolute Gasteiger partial charge is 0.356 e. The molecule has 3 heteroatoms. The molecule has 0 saturated heterocycles. The van der Waals surface area contributed by atoms with Crippen molar-refractivity contribution in [3.63, 3.8) is 0 Å². The van der Waals surface area contributed by atoms with Crippen LogP contribution in [-0.4, -0.2) is 12.5 Å². The van der Waals surface area contributed by atoms with E-state index in [2.05, 4.69) is 41.2 Å². The van der Waals surface area contributed by atoms with E-state index in [1.165, 1.54) is 24.8 Å². The van der Waals surface area contributed by atoms with E-state index in [-0.39, 0.29) is 11.8 Å². The van der Waals surface area contributed by atoms with Crippen LogP contribution in [0.2, 0.25) is 0 Å². The van der Waals surface area contributed by atoms with E-state index in [0.717, 1.165) is 23.9 Å². The molecule has 0 unspecified atom stereocenters. The van der Waals surface area contributed by atoms with Gasteiger partial charge in [0, 0.05) is 16.9 Å². The molecule has 21 heavy (non-hydrogen) atoms. The number of amides is 1. The van der Waals surface area contributed by atoms with Gasteiger partial charge in [0.2, 0.25) is 5.91 Å². The maximum atomic E-state index is 12.5. The second-order valence-electron chi connectivity index (χ2n) is 6.43. The van der Waals surface area contributed by atoms with Crippen molar-refractivity contribution in [3.05, 3.63) is 34.3 Å². The molecular weight excluding hydrogens is 326 g/mol. The molecule has 1 amide bonds. The average molecular weight is 352 g/mol. The molecule has 0 aromatic heterocycles. The zero-order valence-electron chi connectivity index (χ0n) is 13.1. The number of carbonyl (C=O) groups is 1. The van der Waals surface area contributed by atoms with E-state index in [1.807, 2.05) is 18.2 Å². The summed E-state index contributed by atoms with van der Waals surface area (Å²) >= 11 is 3.56. The predicted molar refractivity (Wildman–Crippen MR) is 91.1 cm³/mol. The van der Waals surface area contributed by atoms with Gasteiger partial charge in [-0.1, -0.05) is 60.8 Å². The van der Waals surface area contributed by atoms with Crippen molar-refractivity contribution in [2.75, 3.05) is 6.54 Å². The summed E-state index contributed by atoms with van der Waals surface area (Å²) in [5.41, 5.74) is 1.25. The van der Waals surface area contributed by atoms with Crippen LogP contribution in [0.4, 0.5) is 0 Å². The number of nitrogens with one attached hydrogen (secondary N) is 1. The Morgan fingerprint density at radius 1 is 1.29 bits per heavy atom. The smallest absolute Gasteiger partial charge is 0.223 e. The van der Waals surface area contributed by atoms with Crippen LogP contribution in [0.25, 0.3) is 0 Å². The van der Waals surface area contributed by atoms with Gasteiger partial charge in [0.15, 0.2) is 0 Å². The third-order valence-corrected chi connectivity index (χ3v) is 5.44. The minimum Gasteiger partial charge on any atom is -0.356 e. The lowest BCUT2D eigenvalue weighted by molar-refractivity contribution is -0.128. The summed E-state index contributed by atoms with van der Waals surface area (Å²) in [7, 11) is 0. The lowest BCUT2D eigenvalue weighted by atomic mass is 9.73. The Labute approximate surface area is 136 Å². The van der Waals surface area contributed by atoms with Crippen molar-refractivity contribution in [2.45, 2.75) is 46.0 Å². The highest BCUT2D eigenvalue weighted by atomic mass is 79.9. The first kappa shape index (κ1) is 16.5. The van der Waals surface area contributed by atoms with E-state index in [1.54, 1.807) is 0 Å². The molecular formula is C18H26BrNO. The van der Waals surface area contributed by atoms with Gasteiger partial charge in [-0.15, -0.1) is 0 Å². The van der Waals surface area contributed by atoms with Crippen molar-refractivity contribution in [1.29, 1.82) is 0 Å². The molecule has 1 N–H and O–H groups in total. The van der Waals surface area contributed by atoms with Crippen LogP contribution >= 0.6 is 15.9 Å². The van der Waals surface area contributed by atoms with Gasteiger partial charge < -0.3 is 5.32 Å². The normalized spacial score (nSPS) is 22.3. The predicted octanol–water partition coefficient (Wildman–Crippen LogP) is 4.57. The SMILES string of the molecule is CC(C)[C@@H]1CCCC[C@H]1C(=O)NCCc1ccccc1Br. The summed E-state index contributed by atoms with van der Waals surface area (Å²) in [6.45, 7) is 5.22. The Bertz CT molecular complexity index is 472. The molecule has 1 aliphatic rings. The number of benzene rings is 1. The van der Waals surface area contributed by atoms with Gasteiger partial charge >= 0.3 is 0 Å². The van der Waals surface area contributed by atoms with Crippen molar-refractivity contribution >= 4 is 21.8 Å².